The molecule has 0 saturated carbocycles. The monoisotopic (exact) mass is 362 g/mol. The second kappa shape index (κ2) is 5.58. The van der Waals surface area contributed by atoms with E-state index in [0.29, 0.717) is 9.75 Å². The maximum atomic E-state index is 12.2. The Morgan fingerprint density at radius 3 is 2.74 bits per heavy atom. The number of hydrogen-bond donors (Lipinski definition) is 2. The molecule has 8 heteroatoms. The molecular weight excluding hydrogens is 352 g/mol. The van der Waals surface area contributed by atoms with Crippen molar-refractivity contribution in [1.29, 1.82) is 0 Å². The molecule has 2 rings (SSSR count). The number of nitrogens with zero attached hydrogens (tertiary/aromatic N) is 1. The normalized spacial score (nSPS) is 11.5. The molecule has 0 unspecified atom stereocenters. The lowest BCUT2D eigenvalue weighted by atomic mass is 10.4. The molecule has 0 aromatic carbocycles. The van der Waals surface area contributed by atoms with Gasteiger partial charge in [0, 0.05) is 20.4 Å². The van der Waals surface area contributed by atoms with Crippen LogP contribution in [-0.4, -0.2) is 18.5 Å². The first-order chi connectivity index (χ1) is 8.92. The number of aliphatic hydroxyl groups excluding tert-OH is 1. The highest BCUT2D eigenvalue weighted by atomic mass is 79.9. The summed E-state index contributed by atoms with van der Waals surface area (Å²) >= 11 is 4.49. The lowest BCUT2D eigenvalue weighted by Crippen LogP contribution is -2.14. The van der Waals surface area contributed by atoms with Crippen molar-refractivity contribution >= 4 is 43.1 Å². The van der Waals surface area contributed by atoms with Gasteiger partial charge in [-0.25, -0.2) is 13.4 Å². The van der Waals surface area contributed by atoms with Crippen LogP contribution in [0, 0.1) is 6.92 Å². The van der Waals surface area contributed by atoms with E-state index in [1.807, 2.05) is 0 Å². The van der Waals surface area contributed by atoms with Crippen molar-refractivity contribution in [3.63, 3.8) is 0 Å². The minimum atomic E-state index is -3.67. The average Bonchev–Trinajstić information content (AvgIpc) is 2.74. The molecule has 0 aliphatic carbocycles. The lowest BCUT2D eigenvalue weighted by molar-refractivity contribution is 0.285. The van der Waals surface area contributed by atoms with Gasteiger partial charge in [-0.3, -0.25) is 4.72 Å². The number of aryl methyl sites for hydroxylation is 1. The summed E-state index contributed by atoms with van der Waals surface area (Å²) in [5.41, 5.74) is 0. The number of sulfonamides is 1. The third-order valence-corrected chi connectivity index (χ3v) is 5.45. The summed E-state index contributed by atoms with van der Waals surface area (Å²) in [5.74, 6) is 0.249. The molecule has 0 amide bonds. The highest BCUT2D eigenvalue weighted by Crippen LogP contribution is 2.27. The van der Waals surface area contributed by atoms with Crippen LogP contribution in [0.5, 0.6) is 0 Å². The smallest absolute Gasteiger partial charge is 0.264 e. The molecule has 2 aromatic heterocycles. The van der Waals surface area contributed by atoms with Gasteiger partial charge in [0.15, 0.2) is 0 Å². The molecule has 0 aliphatic heterocycles. The summed E-state index contributed by atoms with van der Waals surface area (Å²) in [6.07, 6.45) is 1.51. The van der Waals surface area contributed by atoms with Gasteiger partial charge in [0.2, 0.25) is 0 Å². The highest BCUT2D eigenvalue weighted by molar-refractivity contribution is 9.10. The van der Waals surface area contributed by atoms with Gasteiger partial charge in [-0.2, -0.15) is 0 Å². The standard InChI is InChI=1S/C11H11BrN2O3S2/c1-7-10(4-9(6-15)18-7)19(16,17)14-11-3-2-8(12)5-13-11/h2-5,15H,6H2,1H3,(H,13,14). The molecule has 2 N–H and O–H groups in total. The van der Waals surface area contributed by atoms with Crippen LogP contribution >= 0.6 is 27.3 Å². The first kappa shape index (κ1) is 14.4. The van der Waals surface area contributed by atoms with E-state index in [4.69, 9.17) is 5.11 Å². The topological polar surface area (TPSA) is 79.3 Å². The van der Waals surface area contributed by atoms with Gasteiger partial charge in [-0.1, -0.05) is 0 Å². The van der Waals surface area contributed by atoms with Crippen molar-refractivity contribution in [3.05, 3.63) is 38.6 Å². The van der Waals surface area contributed by atoms with Crippen LogP contribution in [0.1, 0.15) is 9.75 Å². The molecule has 0 saturated heterocycles. The van der Waals surface area contributed by atoms with Gasteiger partial charge < -0.3 is 5.11 Å². The summed E-state index contributed by atoms with van der Waals surface area (Å²) in [4.78, 5) is 5.38. The van der Waals surface area contributed by atoms with Gasteiger partial charge in [0.05, 0.1) is 6.61 Å². The molecule has 0 bridgehead atoms. The van der Waals surface area contributed by atoms with Gasteiger partial charge >= 0.3 is 0 Å². The maximum absolute atomic E-state index is 12.2. The fourth-order valence-electron chi connectivity index (χ4n) is 1.50. The van der Waals surface area contributed by atoms with E-state index in [-0.39, 0.29) is 17.3 Å². The molecule has 2 heterocycles. The first-order valence-corrected chi connectivity index (χ1v) is 8.36. The maximum Gasteiger partial charge on any atom is 0.264 e. The van der Waals surface area contributed by atoms with Gasteiger partial charge in [0.25, 0.3) is 10.0 Å². The van der Waals surface area contributed by atoms with Crippen LogP contribution < -0.4 is 4.72 Å². The molecule has 19 heavy (non-hydrogen) atoms. The summed E-state index contributed by atoms with van der Waals surface area (Å²) in [6, 6.07) is 4.74. The zero-order valence-electron chi connectivity index (χ0n) is 9.92. The number of thiophene rings is 1. The molecule has 0 fully saturated rings. The number of halogens is 1. The van der Waals surface area contributed by atoms with Crippen LogP contribution in [0.2, 0.25) is 0 Å². The minimum Gasteiger partial charge on any atom is -0.391 e. The zero-order chi connectivity index (χ0) is 14.0. The van der Waals surface area contributed by atoms with E-state index >= 15 is 0 Å². The average molecular weight is 363 g/mol. The Bertz CT molecular complexity index is 680. The predicted octanol–water partition coefficient (Wildman–Crippen LogP) is 2.51. The highest BCUT2D eigenvalue weighted by Gasteiger charge is 2.20. The second-order valence-electron chi connectivity index (χ2n) is 3.76. The summed E-state index contributed by atoms with van der Waals surface area (Å²) in [7, 11) is -3.67. The Labute approximate surface area is 123 Å². The van der Waals surface area contributed by atoms with Crippen LogP contribution in [0.15, 0.2) is 33.8 Å². The number of aliphatic hydroxyl groups is 1. The number of hydrogen-bond acceptors (Lipinski definition) is 5. The summed E-state index contributed by atoms with van der Waals surface area (Å²) in [5, 5.41) is 9.04. The van der Waals surface area contributed by atoms with Crippen molar-refractivity contribution in [2.75, 3.05) is 4.72 Å². The van der Waals surface area contributed by atoms with E-state index in [9.17, 15) is 8.42 Å². The zero-order valence-corrected chi connectivity index (χ0v) is 13.1. The van der Waals surface area contributed by atoms with E-state index in [1.165, 1.54) is 23.6 Å². The number of pyridine rings is 1. The number of aromatic nitrogens is 1. The van der Waals surface area contributed by atoms with Crippen LogP contribution in [-0.2, 0) is 16.6 Å². The molecule has 0 atom stereocenters. The van der Waals surface area contributed by atoms with Gasteiger partial charge in [0.1, 0.15) is 10.7 Å². The third kappa shape index (κ3) is 3.33. The molecule has 2 aromatic rings. The lowest BCUT2D eigenvalue weighted by Gasteiger charge is -2.06. The Hall–Kier alpha value is -0.960. The van der Waals surface area contributed by atoms with Crippen molar-refractivity contribution < 1.29 is 13.5 Å². The number of nitrogens with one attached hydrogen (secondary N) is 1. The summed E-state index contributed by atoms with van der Waals surface area (Å²) in [6.45, 7) is 1.53. The van der Waals surface area contributed by atoms with Crippen molar-refractivity contribution in [3.8, 4) is 0 Å². The Morgan fingerprint density at radius 1 is 1.47 bits per heavy atom. The molecule has 0 aliphatic rings. The Kier molecular flexibility index (Phi) is 4.24. The molecule has 5 nitrogen and oxygen atoms in total. The number of rotatable bonds is 4. The van der Waals surface area contributed by atoms with Crippen molar-refractivity contribution in [2.45, 2.75) is 18.4 Å². The van der Waals surface area contributed by atoms with Crippen molar-refractivity contribution in [1.82, 2.24) is 4.98 Å². The van der Waals surface area contributed by atoms with Crippen LogP contribution in [0.25, 0.3) is 0 Å². The molecular formula is C11H11BrN2O3S2. The second-order valence-corrected chi connectivity index (χ2v) is 7.67. The van der Waals surface area contributed by atoms with Gasteiger partial charge in [-0.15, -0.1) is 11.3 Å². The quantitative estimate of drug-likeness (QED) is 0.875. The number of anilines is 1. The first-order valence-electron chi connectivity index (χ1n) is 5.27. The SMILES string of the molecule is Cc1sc(CO)cc1S(=O)(=O)Nc1ccc(Br)cn1. The fraction of sp³-hybridized carbons (Fsp3) is 0.182. The van der Waals surface area contributed by atoms with Crippen LogP contribution in [0.4, 0.5) is 5.82 Å². The Morgan fingerprint density at radius 2 is 2.21 bits per heavy atom. The minimum absolute atomic E-state index is 0.169. The van der Waals surface area contributed by atoms with Crippen molar-refractivity contribution in [2.24, 2.45) is 0 Å². The summed E-state index contributed by atoms with van der Waals surface area (Å²) < 4.78 is 27.6. The molecule has 102 valence electrons. The van der Waals surface area contributed by atoms with E-state index < -0.39 is 10.0 Å². The van der Waals surface area contributed by atoms with E-state index in [1.54, 1.807) is 19.1 Å². The van der Waals surface area contributed by atoms with E-state index in [0.717, 1.165) is 4.47 Å². The predicted molar refractivity (Wildman–Crippen MR) is 77.7 cm³/mol. The Balaban J connectivity index is 2.31. The molecule has 0 spiro atoms. The fourth-order valence-corrected chi connectivity index (χ4v) is 4.24. The van der Waals surface area contributed by atoms with Gasteiger partial charge in [-0.05, 0) is 41.1 Å². The third-order valence-electron chi connectivity index (χ3n) is 2.33. The van der Waals surface area contributed by atoms with Crippen LogP contribution in [0.3, 0.4) is 0 Å². The van der Waals surface area contributed by atoms with E-state index in [2.05, 4.69) is 25.6 Å². The largest absolute Gasteiger partial charge is 0.391 e. The molecule has 0 radical (unpaired) electrons.